The van der Waals surface area contributed by atoms with E-state index < -0.39 is 5.91 Å². The minimum absolute atomic E-state index is 0.0294. The van der Waals surface area contributed by atoms with E-state index in [1.54, 1.807) is 35.9 Å². The molecule has 8 nitrogen and oxygen atoms in total. The van der Waals surface area contributed by atoms with Crippen molar-refractivity contribution in [1.82, 2.24) is 19.7 Å². The zero-order valence-corrected chi connectivity index (χ0v) is 12.9. The van der Waals surface area contributed by atoms with E-state index in [2.05, 4.69) is 10.1 Å². The summed E-state index contributed by atoms with van der Waals surface area (Å²) in [4.78, 5) is 31.7. The Hall–Kier alpha value is -2.90. The van der Waals surface area contributed by atoms with Gasteiger partial charge in [0, 0.05) is 32.5 Å². The molecule has 3 heterocycles. The standard InChI is InChI=1S/C15H17N5O3/c1-10-5-12(21)14(16-6-10)15(23)19-3-4-20(13(22)9-19)11-7-17-18(2)8-11/h5-8,21H,3-4,9H2,1-2H3. The van der Waals surface area contributed by atoms with Crippen molar-refractivity contribution in [3.63, 3.8) is 0 Å². The molecule has 8 heteroatoms. The van der Waals surface area contributed by atoms with E-state index in [0.29, 0.717) is 18.8 Å². The molecule has 1 aliphatic rings. The van der Waals surface area contributed by atoms with Crippen molar-refractivity contribution in [2.45, 2.75) is 6.92 Å². The molecule has 0 spiro atoms. The molecule has 0 saturated carbocycles. The summed E-state index contributed by atoms with van der Waals surface area (Å²) in [7, 11) is 1.78. The number of aromatic nitrogens is 3. The normalized spacial score (nSPS) is 15.1. The van der Waals surface area contributed by atoms with Gasteiger partial charge in [0.15, 0.2) is 5.69 Å². The molecular weight excluding hydrogens is 298 g/mol. The Balaban J connectivity index is 1.74. The second-order valence-electron chi connectivity index (χ2n) is 5.52. The number of aryl methyl sites for hydroxylation is 2. The number of hydrogen-bond acceptors (Lipinski definition) is 5. The number of piperazine rings is 1. The summed E-state index contributed by atoms with van der Waals surface area (Å²) in [6.07, 6.45) is 4.88. The molecule has 1 aliphatic heterocycles. The van der Waals surface area contributed by atoms with Crippen molar-refractivity contribution in [2.24, 2.45) is 7.05 Å². The summed E-state index contributed by atoms with van der Waals surface area (Å²) in [5, 5.41) is 13.9. The maximum absolute atomic E-state index is 12.4. The Bertz CT molecular complexity index is 770. The van der Waals surface area contributed by atoms with E-state index in [4.69, 9.17) is 0 Å². The van der Waals surface area contributed by atoms with Crippen LogP contribution in [0.25, 0.3) is 0 Å². The largest absolute Gasteiger partial charge is 0.505 e. The number of pyridine rings is 1. The average Bonchev–Trinajstić information content (AvgIpc) is 2.93. The lowest BCUT2D eigenvalue weighted by molar-refractivity contribution is -0.120. The molecule has 2 aromatic rings. The van der Waals surface area contributed by atoms with Gasteiger partial charge in [-0.25, -0.2) is 4.98 Å². The summed E-state index contributed by atoms with van der Waals surface area (Å²) in [6, 6.07) is 1.48. The Morgan fingerprint density at radius 2 is 2.09 bits per heavy atom. The number of aromatic hydroxyl groups is 1. The lowest BCUT2D eigenvalue weighted by Crippen LogP contribution is -2.52. The maximum atomic E-state index is 12.4. The van der Waals surface area contributed by atoms with Gasteiger partial charge in [0.1, 0.15) is 12.3 Å². The van der Waals surface area contributed by atoms with Gasteiger partial charge in [-0.3, -0.25) is 14.3 Å². The Morgan fingerprint density at radius 1 is 1.30 bits per heavy atom. The molecule has 2 amide bonds. The van der Waals surface area contributed by atoms with Crippen LogP contribution in [0, 0.1) is 6.92 Å². The molecule has 0 aliphatic carbocycles. The van der Waals surface area contributed by atoms with Crippen LogP contribution in [-0.2, 0) is 11.8 Å². The molecule has 23 heavy (non-hydrogen) atoms. The third kappa shape index (κ3) is 2.87. The Labute approximate surface area is 133 Å². The molecule has 3 rings (SSSR count). The van der Waals surface area contributed by atoms with Crippen LogP contribution in [-0.4, -0.2) is 56.2 Å². The first-order chi connectivity index (χ1) is 11.0. The molecule has 2 aromatic heterocycles. The molecule has 0 bridgehead atoms. The van der Waals surface area contributed by atoms with Crippen LogP contribution in [0.15, 0.2) is 24.7 Å². The third-order valence-electron chi connectivity index (χ3n) is 3.72. The van der Waals surface area contributed by atoms with Crippen LogP contribution in [0.2, 0.25) is 0 Å². The Kier molecular flexibility index (Phi) is 3.73. The maximum Gasteiger partial charge on any atom is 0.276 e. The van der Waals surface area contributed by atoms with Gasteiger partial charge in [-0.15, -0.1) is 0 Å². The number of carbonyl (C=O) groups excluding carboxylic acids is 2. The molecule has 1 saturated heterocycles. The zero-order chi connectivity index (χ0) is 16.6. The fourth-order valence-corrected chi connectivity index (χ4v) is 2.54. The smallest absolute Gasteiger partial charge is 0.276 e. The number of hydrogen-bond donors (Lipinski definition) is 1. The van der Waals surface area contributed by atoms with Crippen LogP contribution in [0.1, 0.15) is 16.1 Å². The lowest BCUT2D eigenvalue weighted by atomic mass is 10.2. The van der Waals surface area contributed by atoms with Gasteiger partial charge in [-0.1, -0.05) is 0 Å². The lowest BCUT2D eigenvalue weighted by Gasteiger charge is -2.33. The summed E-state index contributed by atoms with van der Waals surface area (Å²) >= 11 is 0. The second-order valence-corrected chi connectivity index (χ2v) is 5.52. The van der Waals surface area contributed by atoms with Crippen molar-refractivity contribution >= 4 is 17.5 Å². The highest BCUT2D eigenvalue weighted by Gasteiger charge is 2.30. The highest BCUT2D eigenvalue weighted by Crippen LogP contribution is 2.20. The fourth-order valence-electron chi connectivity index (χ4n) is 2.54. The number of anilines is 1. The Morgan fingerprint density at radius 3 is 2.70 bits per heavy atom. The van der Waals surface area contributed by atoms with Crippen molar-refractivity contribution in [1.29, 1.82) is 0 Å². The van der Waals surface area contributed by atoms with Gasteiger partial charge in [0.05, 0.1) is 11.9 Å². The van der Waals surface area contributed by atoms with Gasteiger partial charge in [-0.2, -0.15) is 5.10 Å². The number of nitrogens with zero attached hydrogens (tertiary/aromatic N) is 5. The first-order valence-corrected chi connectivity index (χ1v) is 7.19. The molecule has 120 valence electrons. The molecule has 0 aromatic carbocycles. The van der Waals surface area contributed by atoms with Crippen LogP contribution >= 0.6 is 0 Å². The number of amides is 2. The minimum Gasteiger partial charge on any atom is -0.505 e. The molecule has 1 fully saturated rings. The van der Waals surface area contributed by atoms with Gasteiger partial charge in [0.2, 0.25) is 5.91 Å². The van der Waals surface area contributed by atoms with Crippen LogP contribution in [0.4, 0.5) is 5.69 Å². The van der Waals surface area contributed by atoms with Crippen LogP contribution in [0.3, 0.4) is 0 Å². The van der Waals surface area contributed by atoms with E-state index >= 15 is 0 Å². The first-order valence-electron chi connectivity index (χ1n) is 7.19. The van der Waals surface area contributed by atoms with Gasteiger partial charge in [-0.05, 0) is 18.6 Å². The monoisotopic (exact) mass is 315 g/mol. The third-order valence-corrected chi connectivity index (χ3v) is 3.72. The van der Waals surface area contributed by atoms with E-state index in [1.165, 1.54) is 17.2 Å². The predicted molar refractivity (Wildman–Crippen MR) is 82.1 cm³/mol. The molecule has 0 radical (unpaired) electrons. The fraction of sp³-hybridized carbons (Fsp3) is 0.333. The van der Waals surface area contributed by atoms with Crippen LogP contribution < -0.4 is 4.90 Å². The van der Waals surface area contributed by atoms with Crippen molar-refractivity contribution in [3.8, 4) is 5.75 Å². The zero-order valence-electron chi connectivity index (χ0n) is 12.9. The summed E-state index contributed by atoms with van der Waals surface area (Å²) in [6.45, 7) is 2.47. The van der Waals surface area contributed by atoms with E-state index in [0.717, 1.165) is 5.56 Å². The number of carbonyl (C=O) groups is 2. The van der Waals surface area contributed by atoms with Crippen molar-refractivity contribution in [3.05, 3.63) is 35.9 Å². The molecule has 0 unspecified atom stereocenters. The van der Waals surface area contributed by atoms with E-state index in [1.807, 2.05) is 0 Å². The summed E-state index contributed by atoms with van der Waals surface area (Å²) < 4.78 is 1.62. The first kappa shape index (κ1) is 15.0. The summed E-state index contributed by atoms with van der Waals surface area (Å²) in [5.74, 6) is -0.803. The van der Waals surface area contributed by atoms with Crippen molar-refractivity contribution in [2.75, 3.05) is 24.5 Å². The van der Waals surface area contributed by atoms with Crippen molar-refractivity contribution < 1.29 is 14.7 Å². The SMILES string of the molecule is Cc1cnc(C(=O)N2CCN(c3cnn(C)c3)C(=O)C2)c(O)c1. The molecule has 0 atom stereocenters. The minimum atomic E-state index is -0.443. The predicted octanol–water partition coefficient (Wildman–Crippen LogP) is 0.318. The van der Waals surface area contributed by atoms with Gasteiger partial charge >= 0.3 is 0 Å². The summed E-state index contributed by atoms with van der Waals surface area (Å²) in [5.41, 5.74) is 1.44. The molecule has 1 N–H and O–H groups in total. The molecular formula is C15H17N5O3. The van der Waals surface area contributed by atoms with Crippen LogP contribution in [0.5, 0.6) is 5.75 Å². The van der Waals surface area contributed by atoms with Gasteiger partial charge < -0.3 is 14.9 Å². The quantitative estimate of drug-likeness (QED) is 0.861. The van der Waals surface area contributed by atoms with E-state index in [9.17, 15) is 14.7 Å². The second kappa shape index (κ2) is 5.71. The average molecular weight is 315 g/mol. The van der Waals surface area contributed by atoms with E-state index in [-0.39, 0.29) is 23.9 Å². The van der Waals surface area contributed by atoms with Gasteiger partial charge in [0.25, 0.3) is 5.91 Å². The topological polar surface area (TPSA) is 91.6 Å². The number of rotatable bonds is 2. The highest BCUT2D eigenvalue weighted by atomic mass is 16.3. The highest BCUT2D eigenvalue weighted by molar-refractivity contribution is 6.01.